The molecule has 0 radical (unpaired) electrons. The molecule has 2 aliphatic rings. The minimum Gasteiger partial charge on any atom is -0.481 e. The minimum absolute atomic E-state index is 0.0769. The number of fused-ring (bicyclic) bond motifs is 2. The van der Waals surface area contributed by atoms with Gasteiger partial charge in [-0.2, -0.15) is 0 Å². The largest absolute Gasteiger partial charge is 0.481 e. The van der Waals surface area contributed by atoms with Gasteiger partial charge in [-0.25, -0.2) is 0 Å². The molecule has 1 unspecified atom stereocenters. The van der Waals surface area contributed by atoms with Crippen molar-refractivity contribution in [1.82, 2.24) is 0 Å². The van der Waals surface area contributed by atoms with Crippen LogP contribution in [0.4, 0.5) is 5.69 Å². The van der Waals surface area contributed by atoms with Gasteiger partial charge >= 0.3 is 11.9 Å². The number of carboxylic acids is 1. The SMILES string of the molecule is CC(C)(C)c1ccc(CCC(CC2CCCCC2)OC(=O)CC(=O)O)cc1NC(=O)CC1c2ccccc2Oc2ccccc21. The summed E-state index contributed by atoms with van der Waals surface area (Å²) in [7, 11) is 0. The van der Waals surface area contributed by atoms with Crippen LogP contribution in [0.2, 0.25) is 0 Å². The molecule has 7 heteroatoms. The maximum atomic E-state index is 13.7. The molecule has 1 aliphatic carbocycles. The summed E-state index contributed by atoms with van der Waals surface area (Å²) in [5.74, 6) is -0.0327. The van der Waals surface area contributed by atoms with Gasteiger partial charge in [0.15, 0.2) is 0 Å². The quantitative estimate of drug-likeness (QED) is 0.166. The second kappa shape index (κ2) is 14.3. The highest BCUT2D eigenvalue weighted by molar-refractivity contribution is 5.93. The number of carbonyl (C=O) groups excluding carboxylic acids is 2. The van der Waals surface area contributed by atoms with Gasteiger partial charge in [-0.3, -0.25) is 14.4 Å². The zero-order valence-electron chi connectivity index (χ0n) is 26.6. The fourth-order valence-electron chi connectivity index (χ4n) is 6.82. The van der Waals surface area contributed by atoms with Gasteiger partial charge in [0.25, 0.3) is 0 Å². The highest BCUT2D eigenvalue weighted by atomic mass is 16.5. The zero-order chi connectivity index (χ0) is 32.0. The van der Waals surface area contributed by atoms with E-state index in [0.29, 0.717) is 18.8 Å². The van der Waals surface area contributed by atoms with Gasteiger partial charge in [-0.1, -0.05) is 101 Å². The summed E-state index contributed by atoms with van der Waals surface area (Å²) >= 11 is 0. The lowest BCUT2D eigenvalue weighted by Crippen LogP contribution is -2.25. The van der Waals surface area contributed by atoms with Gasteiger partial charge in [0, 0.05) is 29.2 Å². The summed E-state index contributed by atoms with van der Waals surface area (Å²) in [6, 6.07) is 22.0. The lowest BCUT2D eigenvalue weighted by Gasteiger charge is -2.28. The Morgan fingerprint density at radius 3 is 2.20 bits per heavy atom. The van der Waals surface area contributed by atoms with E-state index in [0.717, 1.165) is 58.7 Å². The van der Waals surface area contributed by atoms with Crippen molar-refractivity contribution in [2.24, 2.45) is 5.92 Å². The predicted octanol–water partition coefficient (Wildman–Crippen LogP) is 8.54. The Hall–Kier alpha value is -4.13. The van der Waals surface area contributed by atoms with Crippen molar-refractivity contribution >= 4 is 23.5 Å². The van der Waals surface area contributed by atoms with E-state index >= 15 is 0 Å². The van der Waals surface area contributed by atoms with E-state index in [-0.39, 0.29) is 29.8 Å². The molecule has 2 N–H and O–H groups in total. The van der Waals surface area contributed by atoms with Gasteiger partial charge in [0.05, 0.1) is 0 Å². The van der Waals surface area contributed by atoms with Crippen LogP contribution in [-0.4, -0.2) is 29.1 Å². The van der Waals surface area contributed by atoms with Crippen molar-refractivity contribution in [3.8, 4) is 11.5 Å². The van der Waals surface area contributed by atoms with Crippen molar-refractivity contribution in [2.45, 2.75) is 102 Å². The Labute approximate surface area is 266 Å². The molecule has 0 saturated heterocycles. The summed E-state index contributed by atoms with van der Waals surface area (Å²) in [6.07, 6.45) is 7.14. The average molecular weight is 612 g/mol. The number of rotatable bonds is 11. The Morgan fingerprint density at radius 2 is 1.58 bits per heavy atom. The van der Waals surface area contributed by atoms with Crippen LogP contribution >= 0.6 is 0 Å². The Balaban J connectivity index is 1.33. The zero-order valence-corrected chi connectivity index (χ0v) is 26.6. The summed E-state index contributed by atoms with van der Waals surface area (Å²) in [5, 5.41) is 12.3. The number of anilines is 1. The number of benzene rings is 3. The molecule has 0 bridgehead atoms. The maximum Gasteiger partial charge on any atom is 0.317 e. The first-order valence-corrected chi connectivity index (χ1v) is 16.3. The molecular formula is C38H45NO6. The molecule has 1 heterocycles. The summed E-state index contributed by atoms with van der Waals surface area (Å²) in [6.45, 7) is 6.39. The van der Waals surface area contributed by atoms with E-state index in [9.17, 15) is 14.4 Å². The van der Waals surface area contributed by atoms with E-state index in [1.54, 1.807) is 0 Å². The van der Waals surface area contributed by atoms with Crippen molar-refractivity contribution in [3.63, 3.8) is 0 Å². The number of aryl methyl sites for hydroxylation is 1. The number of nitrogens with one attached hydrogen (secondary N) is 1. The Bertz CT molecular complexity index is 1470. The van der Waals surface area contributed by atoms with Crippen LogP contribution in [0.3, 0.4) is 0 Å². The fraction of sp³-hybridized carbons (Fsp3) is 0.447. The van der Waals surface area contributed by atoms with Gasteiger partial charge in [-0.05, 0) is 59.9 Å². The van der Waals surface area contributed by atoms with Crippen molar-refractivity contribution in [1.29, 1.82) is 0 Å². The van der Waals surface area contributed by atoms with E-state index < -0.39 is 18.4 Å². The highest BCUT2D eigenvalue weighted by Gasteiger charge is 2.30. The number of amides is 1. The number of carbonyl (C=O) groups is 3. The molecule has 3 aromatic rings. The fourth-order valence-corrected chi connectivity index (χ4v) is 6.82. The number of para-hydroxylation sites is 2. The minimum atomic E-state index is -1.18. The van der Waals surface area contributed by atoms with Crippen LogP contribution < -0.4 is 10.1 Å². The number of esters is 1. The van der Waals surface area contributed by atoms with Gasteiger partial charge in [0.2, 0.25) is 5.91 Å². The first-order chi connectivity index (χ1) is 21.6. The van der Waals surface area contributed by atoms with Crippen LogP contribution in [0.25, 0.3) is 0 Å². The monoisotopic (exact) mass is 611 g/mol. The molecule has 0 spiro atoms. The molecule has 0 aromatic heterocycles. The van der Waals surface area contributed by atoms with Crippen molar-refractivity contribution in [3.05, 3.63) is 89.0 Å². The van der Waals surface area contributed by atoms with Gasteiger partial charge < -0.3 is 19.9 Å². The van der Waals surface area contributed by atoms with Crippen LogP contribution in [-0.2, 0) is 31.0 Å². The first-order valence-electron chi connectivity index (χ1n) is 16.3. The second-order valence-corrected chi connectivity index (χ2v) is 13.6. The molecule has 5 rings (SSSR count). The van der Waals surface area contributed by atoms with E-state index in [2.05, 4.69) is 38.2 Å². The van der Waals surface area contributed by atoms with Crippen molar-refractivity contribution < 1.29 is 29.0 Å². The first kappa shape index (κ1) is 32.3. The van der Waals surface area contributed by atoms with Gasteiger partial charge in [0.1, 0.15) is 24.0 Å². The van der Waals surface area contributed by atoms with Crippen LogP contribution in [0.5, 0.6) is 11.5 Å². The van der Waals surface area contributed by atoms with E-state index in [4.69, 9.17) is 14.6 Å². The lowest BCUT2D eigenvalue weighted by atomic mass is 9.83. The number of aliphatic carboxylic acids is 1. The topological polar surface area (TPSA) is 102 Å². The number of ether oxygens (including phenoxy) is 2. The summed E-state index contributed by atoms with van der Waals surface area (Å²) in [4.78, 5) is 37.1. The highest BCUT2D eigenvalue weighted by Crippen LogP contribution is 2.45. The molecule has 1 atom stereocenters. The van der Waals surface area contributed by atoms with Gasteiger partial charge in [-0.15, -0.1) is 0 Å². The summed E-state index contributed by atoms with van der Waals surface area (Å²) in [5.41, 5.74) is 4.65. The van der Waals surface area contributed by atoms with E-state index in [1.807, 2.05) is 54.6 Å². The lowest BCUT2D eigenvalue weighted by molar-refractivity contribution is -0.156. The molecule has 3 aromatic carbocycles. The average Bonchev–Trinajstić information content (AvgIpc) is 2.99. The summed E-state index contributed by atoms with van der Waals surface area (Å²) < 4.78 is 11.8. The maximum absolute atomic E-state index is 13.7. The number of hydrogen-bond acceptors (Lipinski definition) is 5. The third kappa shape index (κ3) is 8.53. The Morgan fingerprint density at radius 1 is 0.933 bits per heavy atom. The molecule has 1 saturated carbocycles. The number of carboxylic acid groups (broad SMARTS) is 1. The standard InChI is InChI=1S/C38H45NO6/c1-38(2,3)31-20-18-26(17-19-27(44-37(43)24-36(41)42)21-25-11-5-4-6-12-25)22-32(31)39-35(40)23-30-28-13-7-9-15-33(28)45-34-16-10-8-14-29(30)34/h7-10,13-16,18,20,22,25,27,30H,4-6,11-12,17,19,21,23-24H2,1-3H3,(H,39,40)(H,41,42). The normalized spacial score (nSPS) is 15.7. The molecule has 45 heavy (non-hydrogen) atoms. The molecule has 1 aliphatic heterocycles. The molecule has 1 amide bonds. The van der Waals surface area contributed by atoms with Crippen LogP contribution in [0.1, 0.15) is 107 Å². The molecule has 238 valence electrons. The van der Waals surface area contributed by atoms with Crippen molar-refractivity contribution in [2.75, 3.05) is 5.32 Å². The molecule has 7 nitrogen and oxygen atoms in total. The third-order valence-electron chi connectivity index (χ3n) is 9.03. The van der Waals surface area contributed by atoms with Crippen LogP contribution in [0, 0.1) is 5.92 Å². The van der Waals surface area contributed by atoms with Crippen LogP contribution in [0.15, 0.2) is 66.7 Å². The smallest absolute Gasteiger partial charge is 0.317 e. The molecular weight excluding hydrogens is 566 g/mol. The third-order valence-corrected chi connectivity index (χ3v) is 9.03. The second-order valence-electron chi connectivity index (χ2n) is 13.6. The predicted molar refractivity (Wildman–Crippen MR) is 175 cm³/mol. The number of hydrogen-bond donors (Lipinski definition) is 2. The Kier molecular flexibility index (Phi) is 10.3. The van der Waals surface area contributed by atoms with E-state index in [1.165, 1.54) is 19.3 Å². The molecule has 1 fully saturated rings.